The van der Waals surface area contributed by atoms with Crippen LogP contribution in [0, 0.1) is 0 Å². The number of nitrogens with one attached hydrogen (secondary N) is 2. The first-order chi connectivity index (χ1) is 18.3. The topological polar surface area (TPSA) is 111 Å². The zero-order valence-electron chi connectivity index (χ0n) is 21.5. The lowest BCUT2D eigenvalue weighted by molar-refractivity contribution is -0.117. The van der Waals surface area contributed by atoms with Gasteiger partial charge in [0, 0.05) is 62.5 Å². The minimum atomic E-state index is -0.300. The maximum Gasteiger partial charge on any atom is 0.260 e. The number of carbonyl (C=O) groups excluding carboxylic acids is 1. The molecule has 1 aliphatic rings. The molecule has 3 aromatic rings. The molecule has 202 valence electrons. The van der Waals surface area contributed by atoms with Gasteiger partial charge in [0.05, 0.1) is 29.8 Å². The molecule has 1 amide bonds. The fraction of sp³-hybridized carbons (Fsp3) is 0.385. The Balaban J connectivity index is 1.73. The number of likely N-dealkylation sites (tertiary alicyclic amines) is 1. The van der Waals surface area contributed by atoms with Crippen molar-refractivity contribution in [2.45, 2.75) is 25.4 Å². The van der Waals surface area contributed by atoms with Gasteiger partial charge in [-0.25, -0.2) is 4.98 Å². The number of pyridine rings is 1. The quantitative estimate of drug-likeness (QED) is 0.382. The zero-order valence-corrected chi connectivity index (χ0v) is 23.0. The summed E-state index contributed by atoms with van der Waals surface area (Å²) in [6.07, 6.45) is 4.57. The Hall–Kier alpha value is -3.34. The summed E-state index contributed by atoms with van der Waals surface area (Å²) in [6.45, 7) is 6.08. The summed E-state index contributed by atoms with van der Waals surface area (Å²) in [5.41, 5.74) is 0.803. The molecule has 0 aliphatic carbocycles. The fourth-order valence-corrected chi connectivity index (χ4v) is 5.29. The Morgan fingerprint density at radius 3 is 2.39 bits per heavy atom. The third kappa shape index (κ3) is 5.57. The largest absolute Gasteiger partial charge is 0.495 e. The first kappa shape index (κ1) is 27.7. The standard InChI is InChI=1S/C26H30Cl2N6O4/c1-5-20(35)31-16-6-8-33(9-7-16)10-11-34-24-15(14-30-26(29-2)32-24)12-17(25(34)36)21-22(27)18(37-3)13-19(38-4)23(21)28/h5,12-14,16H,1,6-11H2,2-4H3,(H,31,35)(H,29,30,32). The van der Waals surface area contributed by atoms with Gasteiger partial charge in [0.25, 0.3) is 5.56 Å². The normalized spacial score (nSPS) is 14.3. The van der Waals surface area contributed by atoms with Crippen LogP contribution in [0.3, 0.4) is 0 Å². The van der Waals surface area contributed by atoms with E-state index in [-0.39, 0.29) is 33.1 Å². The second-order valence-corrected chi connectivity index (χ2v) is 9.61. The van der Waals surface area contributed by atoms with E-state index in [0.717, 1.165) is 25.9 Å². The van der Waals surface area contributed by atoms with Crippen molar-refractivity contribution in [2.75, 3.05) is 46.2 Å². The van der Waals surface area contributed by atoms with Gasteiger partial charge in [-0.05, 0) is 25.0 Å². The van der Waals surface area contributed by atoms with Gasteiger partial charge >= 0.3 is 0 Å². The molecule has 38 heavy (non-hydrogen) atoms. The second kappa shape index (κ2) is 12.0. The summed E-state index contributed by atoms with van der Waals surface area (Å²) in [5, 5.41) is 6.95. The van der Waals surface area contributed by atoms with Gasteiger partial charge in [-0.2, -0.15) is 4.98 Å². The highest BCUT2D eigenvalue weighted by Gasteiger charge is 2.24. The van der Waals surface area contributed by atoms with E-state index < -0.39 is 0 Å². The van der Waals surface area contributed by atoms with Crippen molar-refractivity contribution >= 4 is 46.1 Å². The highest BCUT2D eigenvalue weighted by atomic mass is 35.5. The molecule has 2 aromatic heterocycles. The molecule has 0 spiro atoms. The number of piperidine rings is 1. The Bertz CT molecular complexity index is 1390. The lowest BCUT2D eigenvalue weighted by Gasteiger charge is -2.32. The number of benzene rings is 1. The van der Waals surface area contributed by atoms with Gasteiger partial charge in [-0.3, -0.25) is 14.2 Å². The molecule has 0 bridgehead atoms. The van der Waals surface area contributed by atoms with E-state index in [0.29, 0.717) is 47.1 Å². The highest BCUT2D eigenvalue weighted by molar-refractivity contribution is 6.41. The van der Waals surface area contributed by atoms with Gasteiger partial charge in [-0.1, -0.05) is 29.8 Å². The predicted molar refractivity (Wildman–Crippen MR) is 150 cm³/mol. The predicted octanol–water partition coefficient (Wildman–Crippen LogP) is 3.59. The molecule has 1 aliphatic heterocycles. The van der Waals surface area contributed by atoms with Crippen LogP contribution in [0.15, 0.2) is 35.8 Å². The molecule has 3 heterocycles. The first-order valence-electron chi connectivity index (χ1n) is 12.1. The molecule has 0 unspecified atom stereocenters. The molecule has 0 atom stereocenters. The number of amides is 1. The molecule has 12 heteroatoms. The summed E-state index contributed by atoms with van der Waals surface area (Å²) in [4.78, 5) is 36.8. The van der Waals surface area contributed by atoms with Crippen LogP contribution < -0.4 is 25.7 Å². The van der Waals surface area contributed by atoms with Crippen molar-refractivity contribution < 1.29 is 14.3 Å². The van der Waals surface area contributed by atoms with E-state index in [9.17, 15) is 9.59 Å². The van der Waals surface area contributed by atoms with Crippen molar-refractivity contribution in [3.63, 3.8) is 0 Å². The van der Waals surface area contributed by atoms with E-state index in [2.05, 4.69) is 32.1 Å². The molecule has 0 saturated carbocycles. The van der Waals surface area contributed by atoms with Crippen molar-refractivity contribution in [3.8, 4) is 22.6 Å². The van der Waals surface area contributed by atoms with Crippen LogP contribution in [0.5, 0.6) is 11.5 Å². The first-order valence-corrected chi connectivity index (χ1v) is 12.9. The number of anilines is 1. The minimum Gasteiger partial charge on any atom is -0.495 e. The molecule has 10 nitrogen and oxygen atoms in total. The maximum atomic E-state index is 14.0. The van der Waals surface area contributed by atoms with Crippen molar-refractivity contribution in [2.24, 2.45) is 0 Å². The molecule has 0 radical (unpaired) electrons. The van der Waals surface area contributed by atoms with Crippen LogP contribution in [-0.2, 0) is 11.3 Å². The third-order valence-corrected chi connectivity index (χ3v) is 7.40. The summed E-state index contributed by atoms with van der Waals surface area (Å²) in [7, 11) is 4.68. The SMILES string of the molecule is C=CC(=O)NC1CCN(CCn2c(=O)c(-c3c(Cl)c(OC)cc(OC)c3Cl)cc3cnc(NC)nc32)CC1. The van der Waals surface area contributed by atoms with Crippen LogP contribution in [0.1, 0.15) is 12.8 Å². The lowest BCUT2D eigenvalue weighted by Crippen LogP contribution is -2.45. The van der Waals surface area contributed by atoms with Crippen molar-refractivity contribution in [1.82, 2.24) is 24.8 Å². The maximum absolute atomic E-state index is 14.0. The Labute approximate surface area is 230 Å². The lowest BCUT2D eigenvalue weighted by atomic mass is 10.0. The number of hydrogen-bond acceptors (Lipinski definition) is 8. The second-order valence-electron chi connectivity index (χ2n) is 8.85. The van der Waals surface area contributed by atoms with Crippen molar-refractivity contribution in [3.05, 3.63) is 51.4 Å². The molecule has 1 saturated heterocycles. The minimum absolute atomic E-state index is 0.113. The summed E-state index contributed by atoms with van der Waals surface area (Å²) >= 11 is 13.3. The van der Waals surface area contributed by atoms with Gasteiger partial charge in [0.2, 0.25) is 11.9 Å². The average Bonchev–Trinajstić information content (AvgIpc) is 2.93. The average molecular weight is 561 g/mol. The number of halogens is 2. The summed E-state index contributed by atoms with van der Waals surface area (Å²) in [5.74, 6) is 0.908. The van der Waals surface area contributed by atoms with E-state index in [1.165, 1.54) is 20.3 Å². The van der Waals surface area contributed by atoms with Gasteiger partial charge in [0.1, 0.15) is 17.1 Å². The number of aromatic nitrogens is 3. The van der Waals surface area contributed by atoms with Crippen LogP contribution in [0.4, 0.5) is 5.95 Å². The number of hydrogen-bond donors (Lipinski definition) is 2. The number of rotatable bonds is 9. The summed E-state index contributed by atoms with van der Waals surface area (Å²) < 4.78 is 12.4. The number of fused-ring (bicyclic) bond motifs is 1. The van der Waals surface area contributed by atoms with Gasteiger partial charge in [0.15, 0.2) is 0 Å². The summed E-state index contributed by atoms with van der Waals surface area (Å²) in [6, 6.07) is 3.38. The molecule has 4 rings (SSSR count). The molecular formula is C26H30Cl2N6O4. The smallest absolute Gasteiger partial charge is 0.260 e. The van der Waals surface area contributed by atoms with E-state index in [1.807, 2.05) is 0 Å². The van der Waals surface area contributed by atoms with E-state index >= 15 is 0 Å². The number of carbonyl (C=O) groups is 1. The fourth-order valence-electron chi connectivity index (χ4n) is 4.59. The van der Waals surface area contributed by atoms with E-state index in [4.69, 9.17) is 32.7 Å². The molecule has 1 fully saturated rings. The Morgan fingerprint density at radius 1 is 1.16 bits per heavy atom. The van der Waals surface area contributed by atoms with Crippen LogP contribution in [0.25, 0.3) is 22.2 Å². The van der Waals surface area contributed by atoms with E-state index in [1.54, 1.807) is 29.9 Å². The van der Waals surface area contributed by atoms with Crippen LogP contribution in [-0.4, -0.2) is 72.3 Å². The number of nitrogens with zero attached hydrogens (tertiary/aromatic N) is 4. The van der Waals surface area contributed by atoms with Crippen LogP contribution in [0.2, 0.25) is 10.0 Å². The zero-order chi connectivity index (χ0) is 27.4. The third-order valence-electron chi connectivity index (χ3n) is 6.65. The molecular weight excluding hydrogens is 531 g/mol. The highest BCUT2D eigenvalue weighted by Crippen LogP contribution is 2.45. The van der Waals surface area contributed by atoms with Crippen LogP contribution >= 0.6 is 23.2 Å². The monoisotopic (exact) mass is 560 g/mol. The number of methoxy groups -OCH3 is 2. The van der Waals surface area contributed by atoms with Gasteiger partial charge in [-0.15, -0.1) is 0 Å². The molecule has 2 N–H and O–H groups in total. The van der Waals surface area contributed by atoms with Gasteiger partial charge < -0.3 is 25.0 Å². The number of ether oxygens (including phenoxy) is 2. The molecule has 1 aromatic carbocycles. The Kier molecular flexibility index (Phi) is 8.76. The Morgan fingerprint density at radius 2 is 1.82 bits per heavy atom. The van der Waals surface area contributed by atoms with Crippen molar-refractivity contribution in [1.29, 1.82) is 0 Å².